The summed E-state index contributed by atoms with van der Waals surface area (Å²) in [5.41, 5.74) is 1.45. The van der Waals surface area contributed by atoms with Gasteiger partial charge in [0.1, 0.15) is 0 Å². The van der Waals surface area contributed by atoms with E-state index in [-0.39, 0.29) is 18.0 Å². The SMILES string of the molecule is Cc1cnc(CC(C(=O)O)C(C)C)c(C)c1[N+](=O)[O-]. The fraction of sp³-hybridized carbons (Fsp3) is 0.538. The standard InChI is InChI=1S/C13H18N2O4/c1-7(2)10(13(16)17)5-11-9(4)12(15(18)19)8(3)6-14-11/h6-7,10H,5H2,1-4H3,(H,16,17). The highest BCUT2D eigenvalue weighted by atomic mass is 16.6. The molecule has 0 fully saturated rings. The van der Waals surface area contributed by atoms with Crippen molar-refractivity contribution in [3.8, 4) is 0 Å². The summed E-state index contributed by atoms with van der Waals surface area (Å²) in [5, 5.41) is 20.2. The van der Waals surface area contributed by atoms with Crippen LogP contribution in [0.4, 0.5) is 5.69 Å². The number of hydrogen-bond donors (Lipinski definition) is 1. The molecule has 0 spiro atoms. The van der Waals surface area contributed by atoms with Gasteiger partial charge in [0.2, 0.25) is 0 Å². The van der Waals surface area contributed by atoms with Crippen molar-refractivity contribution in [1.29, 1.82) is 0 Å². The average Bonchev–Trinajstić information content (AvgIpc) is 2.26. The highest BCUT2D eigenvalue weighted by Crippen LogP contribution is 2.27. The largest absolute Gasteiger partial charge is 0.481 e. The van der Waals surface area contributed by atoms with E-state index in [4.69, 9.17) is 5.11 Å². The van der Waals surface area contributed by atoms with Crippen LogP contribution in [0.3, 0.4) is 0 Å². The van der Waals surface area contributed by atoms with Gasteiger partial charge in [-0.15, -0.1) is 0 Å². The third-order valence-corrected chi connectivity index (χ3v) is 3.29. The van der Waals surface area contributed by atoms with Gasteiger partial charge in [0.25, 0.3) is 5.69 Å². The molecule has 0 bridgehead atoms. The lowest BCUT2D eigenvalue weighted by Crippen LogP contribution is -2.23. The maximum absolute atomic E-state index is 11.2. The number of carboxylic acid groups (broad SMARTS) is 1. The third-order valence-electron chi connectivity index (χ3n) is 3.29. The number of nitro groups is 1. The lowest BCUT2D eigenvalue weighted by Gasteiger charge is -2.17. The summed E-state index contributed by atoms with van der Waals surface area (Å²) >= 11 is 0. The van der Waals surface area contributed by atoms with E-state index in [1.165, 1.54) is 6.20 Å². The molecule has 6 nitrogen and oxygen atoms in total. The predicted molar refractivity (Wildman–Crippen MR) is 70.0 cm³/mol. The molecule has 0 aliphatic carbocycles. The molecule has 0 saturated carbocycles. The normalized spacial score (nSPS) is 12.5. The molecule has 0 amide bonds. The van der Waals surface area contributed by atoms with E-state index in [9.17, 15) is 14.9 Å². The minimum Gasteiger partial charge on any atom is -0.481 e. The topological polar surface area (TPSA) is 93.3 Å². The Balaban J connectivity index is 3.19. The highest BCUT2D eigenvalue weighted by Gasteiger charge is 2.26. The minimum atomic E-state index is -0.903. The highest BCUT2D eigenvalue weighted by molar-refractivity contribution is 5.70. The first kappa shape index (κ1) is 15.1. The molecule has 1 heterocycles. The van der Waals surface area contributed by atoms with Gasteiger partial charge in [0, 0.05) is 23.7 Å². The van der Waals surface area contributed by atoms with Crippen LogP contribution in [0.2, 0.25) is 0 Å². The van der Waals surface area contributed by atoms with Crippen molar-refractivity contribution in [2.45, 2.75) is 34.1 Å². The fourth-order valence-electron chi connectivity index (χ4n) is 2.07. The van der Waals surface area contributed by atoms with Gasteiger partial charge in [-0.25, -0.2) is 0 Å². The molecule has 0 aliphatic heterocycles. The number of aryl methyl sites for hydroxylation is 1. The van der Waals surface area contributed by atoms with Crippen LogP contribution in [0.25, 0.3) is 0 Å². The van der Waals surface area contributed by atoms with Crippen molar-refractivity contribution in [1.82, 2.24) is 4.98 Å². The van der Waals surface area contributed by atoms with E-state index in [0.29, 0.717) is 16.8 Å². The summed E-state index contributed by atoms with van der Waals surface area (Å²) in [6, 6.07) is 0. The second kappa shape index (κ2) is 5.77. The number of carboxylic acids is 1. The maximum atomic E-state index is 11.2. The number of hydrogen-bond acceptors (Lipinski definition) is 4. The van der Waals surface area contributed by atoms with Gasteiger partial charge in [-0.2, -0.15) is 0 Å². The molecule has 6 heteroatoms. The maximum Gasteiger partial charge on any atom is 0.307 e. The summed E-state index contributed by atoms with van der Waals surface area (Å²) < 4.78 is 0. The van der Waals surface area contributed by atoms with Gasteiger partial charge in [0.05, 0.1) is 16.5 Å². The zero-order valence-corrected chi connectivity index (χ0v) is 11.5. The summed E-state index contributed by atoms with van der Waals surface area (Å²) in [6.45, 7) is 6.87. The molecule has 104 valence electrons. The molecule has 1 aromatic heterocycles. The second-order valence-electron chi connectivity index (χ2n) is 5.01. The van der Waals surface area contributed by atoms with Crippen molar-refractivity contribution < 1.29 is 14.8 Å². The average molecular weight is 266 g/mol. The first-order valence-corrected chi connectivity index (χ1v) is 6.08. The Morgan fingerprint density at radius 3 is 2.47 bits per heavy atom. The second-order valence-corrected chi connectivity index (χ2v) is 5.01. The van der Waals surface area contributed by atoms with Crippen molar-refractivity contribution in [2.24, 2.45) is 11.8 Å². The molecule has 1 aromatic rings. The van der Waals surface area contributed by atoms with E-state index in [0.717, 1.165) is 0 Å². The lowest BCUT2D eigenvalue weighted by atomic mass is 9.89. The van der Waals surface area contributed by atoms with Crippen LogP contribution in [0, 0.1) is 35.8 Å². The number of rotatable bonds is 5. The first-order valence-electron chi connectivity index (χ1n) is 6.08. The van der Waals surface area contributed by atoms with E-state index >= 15 is 0 Å². The van der Waals surface area contributed by atoms with E-state index < -0.39 is 16.8 Å². The van der Waals surface area contributed by atoms with Crippen molar-refractivity contribution in [2.75, 3.05) is 0 Å². The van der Waals surface area contributed by atoms with Gasteiger partial charge in [-0.3, -0.25) is 19.9 Å². The molecular weight excluding hydrogens is 248 g/mol. The van der Waals surface area contributed by atoms with Crippen LogP contribution in [0.5, 0.6) is 0 Å². The quantitative estimate of drug-likeness (QED) is 0.652. The van der Waals surface area contributed by atoms with Crippen molar-refractivity contribution >= 4 is 11.7 Å². The fourth-order valence-corrected chi connectivity index (χ4v) is 2.07. The monoisotopic (exact) mass is 266 g/mol. The Kier molecular flexibility index (Phi) is 4.58. The number of aromatic nitrogens is 1. The third kappa shape index (κ3) is 3.27. The Bertz CT molecular complexity index is 512. The van der Waals surface area contributed by atoms with E-state index in [2.05, 4.69) is 4.98 Å². The summed E-state index contributed by atoms with van der Waals surface area (Å²) in [4.78, 5) is 25.9. The molecule has 1 rings (SSSR count). The molecule has 0 radical (unpaired) electrons. The number of pyridine rings is 1. The molecule has 1 atom stereocenters. The summed E-state index contributed by atoms with van der Waals surface area (Å²) in [7, 11) is 0. The van der Waals surface area contributed by atoms with Gasteiger partial charge in [-0.1, -0.05) is 13.8 Å². The van der Waals surface area contributed by atoms with Crippen LogP contribution < -0.4 is 0 Å². The zero-order valence-electron chi connectivity index (χ0n) is 11.5. The molecule has 1 N–H and O–H groups in total. The van der Waals surface area contributed by atoms with Gasteiger partial charge >= 0.3 is 5.97 Å². The zero-order chi connectivity index (χ0) is 14.7. The first-order chi connectivity index (χ1) is 8.75. The van der Waals surface area contributed by atoms with Crippen LogP contribution in [0.15, 0.2) is 6.20 Å². The molecule has 1 unspecified atom stereocenters. The van der Waals surface area contributed by atoms with Crippen molar-refractivity contribution in [3.05, 3.63) is 33.1 Å². The number of nitrogens with zero attached hydrogens (tertiary/aromatic N) is 2. The summed E-state index contributed by atoms with van der Waals surface area (Å²) in [6.07, 6.45) is 1.64. The smallest absolute Gasteiger partial charge is 0.307 e. The number of aliphatic carboxylic acids is 1. The molecule has 0 saturated heterocycles. The Hall–Kier alpha value is -1.98. The van der Waals surface area contributed by atoms with E-state index in [1.807, 2.05) is 13.8 Å². The summed E-state index contributed by atoms with van der Waals surface area (Å²) in [5.74, 6) is -1.55. The Morgan fingerprint density at radius 1 is 1.47 bits per heavy atom. The Labute approximate surface area is 111 Å². The van der Waals surface area contributed by atoms with Crippen LogP contribution >= 0.6 is 0 Å². The van der Waals surface area contributed by atoms with Gasteiger partial charge < -0.3 is 5.11 Å². The minimum absolute atomic E-state index is 0.0258. The Morgan fingerprint density at radius 2 is 2.05 bits per heavy atom. The van der Waals surface area contributed by atoms with E-state index in [1.54, 1.807) is 13.8 Å². The predicted octanol–water partition coefficient (Wildman–Crippen LogP) is 2.51. The van der Waals surface area contributed by atoms with Gasteiger partial charge in [-0.05, 0) is 19.8 Å². The number of carbonyl (C=O) groups is 1. The van der Waals surface area contributed by atoms with Gasteiger partial charge in [0.15, 0.2) is 0 Å². The van der Waals surface area contributed by atoms with Crippen LogP contribution in [-0.4, -0.2) is 21.0 Å². The molecule has 19 heavy (non-hydrogen) atoms. The van der Waals surface area contributed by atoms with Crippen LogP contribution in [-0.2, 0) is 11.2 Å². The molecule has 0 aromatic carbocycles. The molecule has 0 aliphatic rings. The lowest BCUT2D eigenvalue weighted by molar-refractivity contribution is -0.386. The molecular formula is C13H18N2O4. The van der Waals surface area contributed by atoms with Crippen molar-refractivity contribution in [3.63, 3.8) is 0 Å². The van der Waals surface area contributed by atoms with Crippen LogP contribution in [0.1, 0.15) is 30.7 Å².